The zero-order chi connectivity index (χ0) is 11.4. The highest BCUT2D eigenvalue weighted by molar-refractivity contribution is 4.89. The molecule has 2 heterocycles. The number of rotatable bonds is 5. The van der Waals surface area contributed by atoms with Crippen molar-refractivity contribution < 1.29 is 9.47 Å². The predicted molar refractivity (Wildman–Crippen MR) is 57.9 cm³/mol. The van der Waals surface area contributed by atoms with Crippen molar-refractivity contribution in [2.24, 2.45) is 7.05 Å². The molecule has 0 saturated carbocycles. The van der Waals surface area contributed by atoms with Crippen LogP contribution in [0.25, 0.3) is 0 Å². The fraction of sp³-hybridized carbons (Fsp3) is 0.800. The van der Waals surface area contributed by atoms with Crippen molar-refractivity contribution in [2.75, 3.05) is 26.9 Å². The molecule has 0 amide bonds. The maximum Gasteiger partial charge on any atom is 0.146 e. The van der Waals surface area contributed by atoms with Gasteiger partial charge in [-0.2, -0.15) is 0 Å². The van der Waals surface area contributed by atoms with Gasteiger partial charge in [-0.3, -0.25) is 0 Å². The van der Waals surface area contributed by atoms with Crippen LogP contribution in [0.4, 0.5) is 0 Å². The lowest BCUT2D eigenvalue weighted by Gasteiger charge is -2.25. The average Bonchev–Trinajstić information content (AvgIpc) is 2.90. The molecule has 0 radical (unpaired) electrons. The van der Waals surface area contributed by atoms with E-state index in [1.807, 2.05) is 11.6 Å². The van der Waals surface area contributed by atoms with Crippen LogP contribution in [-0.4, -0.2) is 47.2 Å². The van der Waals surface area contributed by atoms with Crippen LogP contribution >= 0.6 is 0 Å². The summed E-state index contributed by atoms with van der Waals surface area (Å²) < 4.78 is 12.8. The quantitative estimate of drug-likeness (QED) is 0.747. The third-order valence-corrected chi connectivity index (χ3v) is 3.04. The molecule has 0 aliphatic carbocycles. The predicted octanol–water partition coefficient (Wildman–Crippen LogP) is -0.290. The van der Waals surface area contributed by atoms with E-state index in [9.17, 15) is 0 Å². The lowest BCUT2D eigenvalue weighted by Crippen LogP contribution is -2.42. The van der Waals surface area contributed by atoms with E-state index < -0.39 is 0 Å². The molecule has 1 atom stereocenters. The third-order valence-electron chi connectivity index (χ3n) is 3.04. The summed E-state index contributed by atoms with van der Waals surface area (Å²) in [5, 5.41) is 11.2. The number of methoxy groups -OCH3 is 1. The molecule has 2 rings (SSSR count). The molecule has 6 heteroatoms. The molecule has 1 aromatic rings. The van der Waals surface area contributed by atoms with E-state index >= 15 is 0 Å². The standard InChI is InChI=1S/C10H18N4O2/c1-14-8-12-13-9(14)5-11-6-10(15-2)3-4-16-7-10/h8,11H,3-7H2,1-2H3. The summed E-state index contributed by atoms with van der Waals surface area (Å²) in [6.07, 6.45) is 2.64. The molecule has 16 heavy (non-hydrogen) atoms. The largest absolute Gasteiger partial charge is 0.378 e. The van der Waals surface area contributed by atoms with Crippen LogP contribution in [0.15, 0.2) is 6.33 Å². The maximum absolute atomic E-state index is 5.52. The first kappa shape index (κ1) is 11.5. The molecule has 90 valence electrons. The summed E-state index contributed by atoms with van der Waals surface area (Å²) in [4.78, 5) is 0. The molecule has 1 saturated heterocycles. The Labute approximate surface area is 94.9 Å². The molecular formula is C10H18N4O2. The Morgan fingerprint density at radius 1 is 1.69 bits per heavy atom. The van der Waals surface area contributed by atoms with E-state index in [4.69, 9.17) is 9.47 Å². The molecule has 6 nitrogen and oxygen atoms in total. The van der Waals surface area contributed by atoms with Crippen LogP contribution in [0.3, 0.4) is 0 Å². The van der Waals surface area contributed by atoms with Crippen molar-refractivity contribution in [3.05, 3.63) is 12.2 Å². The number of hydrogen-bond acceptors (Lipinski definition) is 5. The summed E-state index contributed by atoms with van der Waals surface area (Å²) in [6, 6.07) is 0. The number of nitrogens with zero attached hydrogens (tertiary/aromatic N) is 3. The van der Waals surface area contributed by atoms with Crippen molar-refractivity contribution in [3.63, 3.8) is 0 Å². The Balaban J connectivity index is 1.81. The molecule has 1 unspecified atom stereocenters. The fourth-order valence-electron chi connectivity index (χ4n) is 1.83. The van der Waals surface area contributed by atoms with Crippen molar-refractivity contribution in [1.82, 2.24) is 20.1 Å². The number of aryl methyl sites for hydroxylation is 1. The normalized spacial score (nSPS) is 25.1. The smallest absolute Gasteiger partial charge is 0.146 e. The minimum Gasteiger partial charge on any atom is -0.378 e. The van der Waals surface area contributed by atoms with Crippen molar-refractivity contribution in [1.29, 1.82) is 0 Å². The zero-order valence-electron chi connectivity index (χ0n) is 9.77. The second-order valence-electron chi connectivity index (χ2n) is 4.15. The van der Waals surface area contributed by atoms with E-state index in [1.165, 1.54) is 0 Å². The lowest BCUT2D eigenvalue weighted by atomic mass is 10.0. The first-order chi connectivity index (χ1) is 7.76. The number of ether oxygens (including phenoxy) is 2. The number of aromatic nitrogens is 3. The van der Waals surface area contributed by atoms with Crippen LogP contribution in [-0.2, 0) is 23.1 Å². The molecule has 0 aromatic carbocycles. The number of hydrogen-bond donors (Lipinski definition) is 1. The lowest BCUT2D eigenvalue weighted by molar-refractivity contribution is -0.0160. The van der Waals surface area contributed by atoms with Crippen molar-refractivity contribution in [3.8, 4) is 0 Å². The van der Waals surface area contributed by atoms with Gasteiger partial charge in [0.25, 0.3) is 0 Å². The second-order valence-corrected chi connectivity index (χ2v) is 4.15. The van der Waals surface area contributed by atoms with Gasteiger partial charge in [0.15, 0.2) is 0 Å². The minimum absolute atomic E-state index is 0.168. The summed E-state index contributed by atoms with van der Waals surface area (Å²) in [5.74, 6) is 0.921. The van der Waals surface area contributed by atoms with E-state index in [1.54, 1.807) is 13.4 Å². The van der Waals surface area contributed by atoms with Gasteiger partial charge in [-0.05, 0) is 0 Å². The average molecular weight is 226 g/mol. The van der Waals surface area contributed by atoms with Gasteiger partial charge in [-0.1, -0.05) is 0 Å². The summed E-state index contributed by atoms with van der Waals surface area (Å²) >= 11 is 0. The Morgan fingerprint density at radius 3 is 3.12 bits per heavy atom. The topological polar surface area (TPSA) is 61.2 Å². The Bertz CT molecular complexity index is 333. The Hall–Kier alpha value is -0.980. The SMILES string of the molecule is COC1(CNCc2nncn2C)CCOC1. The third kappa shape index (κ3) is 2.40. The molecule has 0 spiro atoms. The molecule has 0 bridgehead atoms. The Morgan fingerprint density at radius 2 is 2.56 bits per heavy atom. The molecule has 1 fully saturated rings. The van der Waals surface area contributed by atoms with Crippen LogP contribution in [0.5, 0.6) is 0 Å². The molecule has 1 aliphatic heterocycles. The van der Waals surface area contributed by atoms with Gasteiger partial charge in [0.2, 0.25) is 0 Å². The fourth-order valence-corrected chi connectivity index (χ4v) is 1.83. The van der Waals surface area contributed by atoms with Gasteiger partial charge in [-0.25, -0.2) is 0 Å². The summed E-state index contributed by atoms with van der Waals surface area (Å²) in [7, 11) is 3.67. The van der Waals surface area contributed by atoms with Gasteiger partial charge in [0.1, 0.15) is 17.8 Å². The van der Waals surface area contributed by atoms with Crippen LogP contribution in [0.1, 0.15) is 12.2 Å². The van der Waals surface area contributed by atoms with Gasteiger partial charge in [0, 0.05) is 33.7 Å². The van der Waals surface area contributed by atoms with E-state index in [0.717, 1.165) is 25.4 Å². The summed E-state index contributed by atoms with van der Waals surface area (Å²) in [6.45, 7) is 2.91. The highest BCUT2D eigenvalue weighted by Crippen LogP contribution is 2.21. The van der Waals surface area contributed by atoms with E-state index in [-0.39, 0.29) is 5.60 Å². The zero-order valence-corrected chi connectivity index (χ0v) is 9.77. The first-order valence-corrected chi connectivity index (χ1v) is 5.42. The Kier molecular flexibility index (Phi) is 3.52. The van der Waals surface area contributed by atoms with Crippen LogP contribution < -0.4 is 5.32 Å². The monoisotopic (exact) mass is 226 g/mol. The van der Waals surface area contributed by atoms with Gasteiger partial charge in [-0.15, -0.1) is 10.2 Å². The first-order valence-electron chi connectivity index (χ1n) is 5.42. The highest BCUT2D eigenvalue weighted by atomic mass is 16.5. The van der Waals surface area contributed by atoms with Gasteiger partial charge < -0.3 is 19.4 Å². The number of nitrogens with one attached hydrogen (secondary N) is 1. The highest BCUT2D eigenvalue weighted by Gasteiger charge is 2.34. The molecule has 1 aromatic heterocycles. The minimum atomic E-state index is -0.168. The second kappa shape index (κ2) is 4.90. The van der Waals surface area contributed by atoms with E-state index in [0.29, 0.717) is 13.2 Å². The van der Waals surface area contributed by atoms with Crippen LogP contribution in [0.2, 0.25) is 0 Å². The molecular weight excluding hydrogens is 208 g/mol. The van der Waals surface area contributed by atoms with Crippen molar-refractivity contribution in [2.45, 2.75) is 18.6 Å². The summed E-state index contributed by atoms with van der Waals surface area (Å²) in [5.41, 5.74) is -0.168. The van der Waals surface area contributed by atoms with Crippen molar-refractivity contribution >= 4 is 0 Å². The van der Waals surface area contributed by atoms with Gasteiger partial charge in [0.05, 0.1) is 13.2 Å². The van der Waals surface area contributed by atoms with E-state index in [2.05, 4.69) is 15.5 Å². The molecule has 1 N–H and O–H groups in total. The maximum atomic E-state index is 5.52. The van der Waals surface area contributed by atoms with Gasteiger partial charge >= 0.3 is 0 Å². The van der Waals surface area contributed by atoms with Crippen LogP contribution in [0, 0.1) is 0 Å². The molecule has 1 aliphatic rings.